The molecule has 0 aliphatic heterocycles. The summed E-state index contributed by atoms with van der Waals surface area (Å²) in [6.07, 6.45) is 2.66. The molecule has 0 aliphatic rings. The van der Waals surface area contributed by atoms with Gasteiger partial charge in [0.15, 0.2) is 6.10 Å². The van der Waals surface area contributed by atoms with E-state index in [9.17, 15) is 29.1 Å². The van der Waals surface area contributed by atoms with Crippen molar-refractivity contribution in [3.8, 4) is 5.75 Å². The molecule has 1 aromatic heterocycles. The number of hydrogen-bond acceptors (Lipinski definition) is 10. The number of carbonyl (C=O) groups excluding carboxylic acids is 5. The first-order valence-corrected chi connectivity index (χ1v) is 21.2. The summed E-state index contributed by atoms with van der Waals surface area (Å²) in [5.74, 6) is -1.37. The van der Waals surface area contributed by atoms with Gasteiger partial charge < -0.3 is 30.1 Å². The number of ketones is 1. The van der Waals surface area contributed by atoms with Crippen LogP contribution in [-0.4, -0.2) is 76.8 Å². The van der Waals surface area contributed by atoms with Crippen LogP contribution in [-0.2, 0) is 35.1 Å². The molecule has 57 heavy (non-hydrogen) atoms. The predicted molar refractivity (Wildman–Crippen MR) is 226 cm³/mol. The zero-order chi connectivity index (χ0) is 43.2. The first kappa shape index (κ1) is 49.3. The summed E-state index contributed by atoms with van der Waals surface area (Å²) in [6, 6.07) is 4.15. The lowest BCUT2D eigenvalue weighted by molar-refractivity contribution is -0.148. The lowest BCUT2D eigenvalue weighted by atomic mass is 9.89. The minimum Gasteiger partial charge on any atom is -0.506 e. The Kier molecular flexibility index (Phi) is 19.3. The second-order valence-electron chi connectivity index (χ2n) is 17.8. The van der Waals surface area contributed by atoms with E-state index >= 15 is 0 Å². The molecule has 0 aliphatic carbocycles. The van der Waals surface area contributed by atoms with E-state index in [2.05, 4.69) is 43.3 Å². The first-order valence-electron chi connectivity index (χ1n) is 20.4. The zero-order valence-electron chi connectivity index (χ0n) is 36.7. The number of anilines is 1. The number of thiazole rings is 1. The van der Waals surface area contributed by atoms with Crippen molar-refractivity contribution in [1.82, 2.24) is 15.2 Å². The van der Waals surface area contributed by atoms with Crippen molar-refractivity contribution in [2.75, 3.05) is 25.6 Å². The van der Waals surface area contributed by atoms with Gasteiger partial charge in [-0.25, -0.2) is 4.98 Å². The number of aromatic hydroxyl groups is 1. The van der Waals surface area contributed by atoms with Crippen molar-refractivity contribution in [1.29, 1.82) is 0 Å². The second-order valence-corrected chi connectivity index (χ2v) is 18.7. The third-order valence-electron chi connectivity index (χ3n) is 10.7. The molecule has 0 spiro atoms. The third kappa shape index (κ3) is 16.9. The van der Waals surface area contributed by atoms with Crippen LogP contribution in [0.1, 0.15) is 149 Å². The number of hydrogen-bond donors (Lipinski definition) is 3. The number of aromatic nitrogens is 1. The molecule has 2 unspecified atom stereocenters. The molecule has 0 fully saturated rings. The quantitative estimate of drug-likeness (QED) is 0.0696. The highest BCUT2D eigenvalue weighted by atomic mass is 32.1. The number of esters is 1. The van der Waals surface area contributed by atoms with Crippen molar-refractivity contribution in [2.45, 2.75) is 146 Å². The molecule has 3 amide bonds. The fourth-order valence-electron chi connectivity index (χ4n) is 6.33. The Labute approximate surface area is 345 Å². The highest BCUT2D eigenvalue weighted by Gasteiger charge is 2.32. The van der Waals surface area contributed by atoms with Gasteiger partial charge in [0, 0.05) is 56.6 Å². The molecule has 1 aromatic carbocycles. The van der Waals surface area contributed by atoms with Gasteiger partial charge >= 0.3 is 5.97 Å². The highest BCUT2D eigenvalue weighted by molar-refractivity contribution is 7.09. The zero-order valence-corrected chi connectivity index (χ0v) is 37.6. The lowest BCUT2D eigenvalue weighted by Gasteiger charge is -2.34. The predicted octanol–water partition coefficient (Wildman–Crippen LogP) is 8.53. The summed E-state index contributed by atoms with van der Waals surface area (Å²) in [7, 11) is 1.78. The van der Waals surface area contributed by atoms with Crippen LogP contribution in [0.5, 0.6) is 5.75 Å². The van der Waals surface area contributed by atoms with Gasteiger partial charge in [0.05, 0.1) is 18.9 Å². The van der Waals surface area contributed by atoms with E-state index in [0.717, 1.165) is 18.4 Å². The Morgan fingerprint density at radius 3 is 2.19 bits per heavy atom. The average Bonchev–Trinajstić information content (AvgIpc) is 3.61. The largest absolute Gasteiger partial charge is 0.506 e. The summed E-state index contributed by atoms with van der Waals surface area (Å²) in [6.45, 7) is 24.1. The number of nitrogens with zero attached hydrogens (tertiary/aromatic N) is 2. The van der Waals surface area contributed by atoms with E-state index in [0.29, 0.717) is 43.9 Å². The van der Waals surface area contributed by atoms with Gasteiger partial charge in [0.2, 0.25) is 11.8 Å². The number of nitrogens with one attached hydrogen (secondary N) is 2. The number of phenols is 1. The highest BCUT2D eigenvalue weighted by Crippen LogP contribution is 2.32. The van der Waals surface area contributed by atoms with Gasteiger partial charge in [-0.05, 0) is 66.5 Å². The van der Waals surface area contributed by atoms with Gasteiger partial charge in [-0.1, -0.05) is 81.7 Å². The monoisotopic (exact) mass is 814 g/mol. The number of rotatable bonds is 24. The molecule has 0 radical (unpaired) electrons. The smallest absolute Gasteiger partial charge is 0.303 e. The molecular weight excluding hydrogens is 745 g/mol. The molecule has 0 bridgehead atoms. The fourth-order valence-corrected chi connectivity index (χ4v) is 7.17. The van der Waals surface area contributed by atoms with Crippen molar-refractivity contribution in [3.05, 3.63) is 39.8 Å². The molecule has 2 rings (SSSR count). The number of amides is 3. The topological polar surface area (TPSA) is 164 Å². The van der Waals surface area contributed by atoms with Gasteiger partial charge in [0.1, 0.15) is 22.2 Å². The SMILES string of the molecule is CC[C@H](C)CC(=O)N(C)C(C[C@@H](OC(C)=O)c1nc(C(=O)N[C@@H](Cc2ccc(O)c(NC(=O)CC(C)(C)COCC(C)(C)CC)c2)CC(C)C(C)=O)cs1)C(C)C. The Morgan fingerprint density at radius 1 is 0.965 bits per heavy atom. The van der Waals surface area contributed by atoms with E-state index in [1.54, 1.807) is 36.4 Å². The van der Waals surface area contributed by atoms with Crippen LogP contribution in [0.4, 0.5) is 5.69 Å². The average molecular weight is 815 g/mol. The Bertz CT molecular complexity index is 1650. The van der Waals surface area contributed by atoms with Crippen molar-refractivity contribution >= 4 is 46.5 Å². The number of ether oxygens (including phenoxy) is 2. The summed E-state index contributed by atoms with van der Waals surface area (Å²) < 4.78 is 11.7. The van der Waals surface area contributed by atoms with Crippen LogP contribution in [0.25, 0.3) is 0 Å². The van der Waals surface area contributed by atoms with E-state index in [-0.39, 0.29) is 70.4 Å². The Balaban J connectivity index is 2.27. The normalized spacial score (nSPS) is 14.6. The van der Waals surface area contributed by atoms with Crippen molar-refractivity contribution in [2.24, 2.45) is 28.6 Å². The Hall–Kier alpha value is -3.84. The van der Waals surface area contributed by atoms with Crippen LogP contribution in [0.15, 0.2) is 23.6 Å². The maximum atomic E-state index is 13.7. The molecule has 3 N–H and O–H groups in total. The molecular formula is C44H70N4O8S. The summed E-state index contributed by atoms with van der Waals surface area (Å²) in [5, 5.41) is 18.6. The lowest BCUT2D eigenvalue weighted by Crippen LogP contribution is -2.42. The van der Waals surface area contributed by atoms with E-state index in [1.807, 2.05) is 34.6 Å². The molecule has 2 aromatic rings. The van der Waals surface area contributed by atoms with E-state index in [4.69, 9.17) is 9.47 Å². The van der Waals surface area contributed by atoms with E-state index < -0.39 is 29.4 Å². The van der Waals surface area contributed by atoms with Crippen molar-refractivity contribution in [3.63, 3.8) is 0 Å². The second kappa shape index (κ2) is 22.3. The van der Waals surface area contributed by atoms with Gasteiger partial charge in [-0.3, -0.25) is 24.0 Å². The number of Topliss-reactive ketones (excluding diaryl/α,β-unsaturated/α-hetero) is 1. The molecule has 0 saturated carbocycles. The van der Waals surface area contributed by atoms with E-state index in [1.165, 1.54) is 31.3 Å². The van der Waals surface area contributed by atoms with Crippen LogP contribution in [0.2, 0.25) is 0 Å². The number of carbonyl (C=O) groups is 5. The summed E-state index contributed by atoms with van der Waals surface area (Å²) >= 11 is 1.20. The summed E-state index contributed by atoms with van der Waals surface area (Å²) in [5.41, 5.74) is 0.726. The van der Waals surface area contributed by atoms with Gasteiger partial charge in [-0.15, -0.1) is 11.3 Å². The molecule has 320 valence electrons. The maximum Gasteiger partial charge on any atom is 0.303 e. The standard InChI is InChI=1S/C44H70N4O8S/c1-14-28(5)18-40(53)48(13)36(27(3)4)22-38(56-31(8)50)42-47-35(24-57-42)41(54)45-33(19-29(6)30(7)49)20-32-16-17-37(51)34(21-32)46-39(52)23-44(11,12)26-55-25-43(9,10)15-2/h16-17,21,24,27-29,33,36,38,51H,14-15,18-20,22-23,25-26H2,1-13H3,(H,45,54)(H,46,52)/t28-,29?,33+,36?,38+/m0/s1. The van der Waals surface area contributed by atoms with Gasteiger partial charge in [-0.2, -0.15) is 0 Å². The molecule has 5 atom stereocenters. The minimum atomic E-state index is -0.772. The fraction of sp³-hybridized carbons (Fsp3) is 0.682. The number of phenolic OH excluding ortho intramolecular Hbond substituents is 1. The van der Waals surface area contributed by atoms with Crippen LogP contribution in [0.3, 0.4) is 0 Å². The minimum absolute atomic E-state index is 0.0225. The van der Waals surface area contributed by atoms with Crippen LogP contribution < -0.4 is 10.6 Å². The molecule has 1 heterocycles. The molecule has 0 saturated heterocycles. The summed E-state index contributed by atoms with van der Waals surface area (Å²) in [4.78, 5) is 70.9. The third-order valence-corrected chi connectivity index (χ3v) is 11.7. The maximum absolute atomic E-state index is 13.7. The number of benzene rings is 1. The van der Waals surface area contributed by atoms with Gasteiger partial charge in [0.25, 0.3) is 5.91 Å². The van der Waals surface area contributed by atoms with Crippen LogP contribution >= 0.6 is 11.3 Å². The molecule has 13 heteroatoms. The van der Waals surface area contributed by atoms with Crippen molar-refractivity contribution < 1.29 is 38.6 Å². The first-order chi connectivity index (χ1) is 26.5. The Morgan fingerprint density at radius 2 is 1.61 bits per heavy atom. The molecule has 12 nitrogen and oxygen atoms in total. The van der Waals surface area contributed by atoms with Crippen LogP contribution in [0, 0.1) is 28.6 Å².